The van der Waals surface area contributed by atoms with Crippen molar-refractivity contribution in [1.29, 1.82) is 0 Å². The number of rotatable bonds is 1. The maximum atomic E-state index is 12.7. The number of halogens is 20. The molecule has 0 aliphatic carbocycles. The Morgan fingerprint density at radius 2 is 0.485 bits per heavy atom. The molecule has 6 aromatic carbocycles. The fraction of sp³-hybridized carbons (Fsp3) is 0.200. The lowest BCUT2D eigenvalue weighted by Gasteiger charge is -2.06. The van der Waals surface area contributed by atoms with Crippen LogP contribution in [0.4, 0.5) is 83.4 Å². The first-order chi connectivity index (χ1) is 30.3. The highest BCUT2D eigenvalue weighted by molar-refractivity contribution is 6.32. The van der Waals surface area contributed by atoms with Crippen LogP contribution in [0, 0.1) is 156 Å². The van der Waals surface area contributed by atoms with Crippen molar-refractivity contribution in [3.05, 3.63) is 202 Å². The second kappa shape index (κ2) is 25.6. The molecule has 0 aliphatic heterocycles. The van der Waals surface area contributed by atoms with E-state index in [0.717, 1.165) is 27.7 Å². The summed E-state index contributed by atoms with van der Waals surface area (Å²) >= 11 is 2.05. The van der Waals surface area contributed by atoms with E-state index in [9.17, 15) is 83.4 Å². The van der Waals surface area contributed by atoms with Crippen molar-refractivity contribution >= 4 is 13.3 Å². The van der Waals surface area contributed by atoms with E-state index in [1.54, 1.807) is 0 Å². The first-order valence-electron chi connectivity index (χ1n) is 17.9. The molecule has 0 aliphatic rings. The molecule has 66 heavy (non-hydrogen) atoms. The maximum absolute atomic E-state index is 12.7. The minimum absolute atomic E-state index is 0.619. The van der Waals surface area contributed by atoms with Crippen LogP contribution in [0.25, 0.3) is 0 Å². The predicted octanol–water partition coefficient (Wildman–Crippen LogP) is 10.2. The average molecular weight is 1080 g/mol. The summed E-state index contributed by atoms with van der Waals surface area (Å²) in [5, 5.41) is 0. The summed E-state index contributed by atoms with van der Waals surface area (Å²) in [5.41, 5.74) is 0.467. The molecule has 0 bridgehead atoms. The van der Waals surface area contributed by atoms with Gasteiger partial charge in [0.15, 0.2) is 90.8 Å². The van der Waals surface area contributed by atoms with Crippen LogP contribution >= 0.6 is 0 Å². The van der Waals surface area contributed by atoms with Crippen molar-refractivity contribution in [3.63, 3.8) is 0 Å². The molecule has 0 spiro atoms. The Morgan fingerprint density at radius 1 is 0.303 bits per heavy atom. The van der Waals surface area contributed by atoms with Crippen molar-refractivity contribution in [2.24, 2.45) is 0 Å². The van der Waals surface area contributed by atoms with Gasteiger partial charge in [0, 0.05) is 22.3 Å². The summed E-state index contributed by atoms with van der Waals surface area (Å²) in [7, 11) is -1.05. The van der Waals surface area contributed by atoms with Gasteiger partial charge in [-0.1, -0.05) is 61.4 Å². The van der Waals surface area contributed by atoms with E-state index in [1.807, 2.05) is 22.6 Å². The summed E-state index contributed by atoms with van der Waals surface area (Å²) in [5.74, 6) is -32.8. The number of benzene rings is 6. The van der Waals surface area contributed by atoms with E-state index >= 15 is 0 Å². The summed E-state index contributed by atoms with van der Waals surface area (Å²) < 4.78 is 237. The highest BCUT2D eigenvalue weighted by atomic mass is 127. The maximum Gasteiger partial charge on any atom is 0.296 e. The molecule has 0 heterocycles. The molecule has 6 aromatic rings. The van der Waals surface area contributed by atoms with E-state index in [0.29, 0.717) is 5.92 Å². The van der Waals surface area contributed by atoms with Crippen LogP contribution in [0.3, 0.4) is 0 Å². The molecule has 21 heteroatoms. The van der Waals surface area contributed by atoms with Crippen molar-refractivity contribution in [3.8, 4) is 0 Å². The molecule has 0 nitrogen and oxygen atoms in total. The van der Waals surface area contributed by atoms with Gasteiger partial charge in [0.2, 0.25) is 11.6 Å². The normalized spacial score (nSPS) is 10.3. The number of aryl methyl sites for hydroxylation is 2. The van der Waals surface area contributed by atoms with Crippen LogP contribution in [-0.4, -0.2) is 7.85 Å². The van der Waals surface area contributed by atoms with Crippen LogP contribution in [0.2, 0.25) is 0 Å². The Bertz CT molecular complexity index is 1920. The summed E-state index contributed by atoms with van der Waals surface area (Å²) in [6, 6.07) is 17.2. The van der Waals surface area contributed by atoms with E-state index in [4.69, 9.17) is 0 Å². The van der Waals surface area contributed by atoms with Crippen molar-refractivity contribution in [1.82, 2.24) is 0 Å². The highest BCUT2D eigenvalue weighted by Crippen LogP contribution is 2.24. The van der Waals surface area contributed by atoms with Gasteiger partial charge in [0.05, 0.1) is 0 Å². The lowest BCUT2D eigenvalue weighted by atomic mass is 9.94. The van der Waals surface area contributed by atoms with Gasteiger partial charge in [0.1, 0.15) is 11.6 Å². The molecule has 0 fully saturated rings. The Balaban J connectivity index is 0.000000398. The minimum Gasteiger partial charge on any atom is -0.207 e. The molecular weight excluding hydrogens is 1040 g/mol. The predicted molar refractivity (Wildman–Crippen MR) is 210 cm³/mol. The largest absolute Gasteiger partial charge is 0.296 e. The summed E-state index contributed by atoms with van der Waals surface area (Å²) in [6.45, 7) is 12.2. The third-order valence-electron chi connectivity index (χ3n) is 8.32. The van der Waals surface area contributed by atoms with E-state index in [-0.39, 0.29) is 0 Å². The summed E-state index contributed by atoms with van der Waals surface area (Å²) in [6.07, 6.45) is 0. The molecule has 0 radical (unpaired) electrons. The van der Waals surface area contributed by atoms with Crippen LogP contribution in [0.1, 0.15) is 58.7 Å². The van der Waals surface area contributed by atoms with Gasteiger partial charge >= 0.3 is 0 Å². The van der Waals surface area contributed by atoms with Gasteiger partial charge in [-0.3, -0.25) is 0 Å². The SMILES string of the molecule is CC(C)c1ccc([IH+])cc1.Cc1c(F)c(F)c(C)c(F)c1F.Cc1c(F)c(F)c(F)c(F)c1F.Cc1c(F)c(F)c(F)c(F)c1F.Cc1ccc(C)cc1.[BH3-]c1c(F)c(F)c(F)c(F)c1F. The molecule has 0 aromatic heterocycles. The first-order valence-corrected chi connectivity index (χ1v) is 19.0. The smallest absolute Gasteiger partial charge is 0.207 e. The number of hydrogen-bond acceptors (Lipinski definition) is 0. The zero-order valence-electron chi connectivity index (χ0n) is 34.8. The topological polar surface area (TPSA) is 0 Å². The molecule has 360 valence electrons. The zero-order chi connectivity index (χ0) is 51.4. The van der Waals surface area contributed by atoms with Crippen LogP contribution in [0.15, 0.2) is 48.5 Å². The van der Waals surface area contributed by atoms with Gasteiger partial charge < -0.3 is 0 Å². The first kappa shape index (κ1) is 58.8. The fourth-order valence-electron chi connectivity index (χ4n) is 4.27. The highest BCUT2D eigenvalue weighted by Gasteiger charge is 2.24. The van der Waals surface area contributed by atoms with Crippen LogP contribution in [0.5, 0.6) is 0 Å². The lowest BCUT2D eigenvalue weighted by Crippen LogP contribution is -3.34. The van der Waals surface area contributed by atoms with E-state index < -0.39 is 146 Å². The molecule has 0 N–H and O–H groups in total. The van der Waals surface area contributed by atoms with Gasteiger partial charge in [-0.15, -0.1) is 5.46 Å². The second-order valence-electron chi connectivity index (χ2n) is 13.5. The van der Waals surface area contributed by atoms with Gasteiger partial charge in [-0.25, -0.2) is 83.4 Å². The Labute approximate surface area is 381 Å². The fourth-order valence-corrected chi connectivity index (χ4v) is 4.65. The molecule has 0 unspecified atom stereocenters. The Kier molecular flexibility index (Phi) is 22.8. The number of hydrogen-bond donors (Lipinski definition) is 0. The second-order valence-corrected chi connectivity index (χ2v) is 14.8. The molecule has 0 saturated carbocycles. The monoisotopic (exact) mass is 1080 g/mol. The average Bonchev–Trinajstić information content (AvgIpc) is 3.30. The molecule has 0 amide bonds. The van der Waals surface area contributed by atoms with Gasteiger partial charge in [-0.2, -0.15) is 0 Å². The van der Waals surface area contributed by atoms with Crippen molar-refractivity contribution < 1.29 is 106 Å². The van der Waals surface area contributed by atoms with Crippen molar-refractivity contribution in [2.45, 2.75) is 61.3 Å². The Morgan fingerprint density at radius 3 is 0.697 bits per heavy atom. The van der Waals surface area contributed by atoms with E-state index in [2.05, 4.69) is 76.2 Å². The standard InChI is InChI=1S/C9H12I.C8H6F4.C8H10.2C7H3F5.C6H3BF5/c1-7(2)8-3-5-9(10)6-4-8;1-3-5(9)7(11)4(2)8(12)6(3)10;1-7-3-5-8(2)6-4-7;2*1-2-3(8)5(10)7(12)6(11)4(2)9;7-1-2(8)4(10)6(12)5(11)3(1)9/h3-7,10H,1-2H3;1-2H3;3-6H,1-2H3;2*1H3;7H3/q+1;;;;;-1. The molecule has 6 rings (SSSR count). The zero-order valence-corrected chi connectivity index (χ0v) is 37.1. The van der Waals surface area contributed by atoms with E-state index in [1.165, 1.54) is 20.3 Å². The van der Waals surface area contributed by atoms with Crippen LogP contribution < -0.4 is 28.1 Å². The van der Waals surface area contributed by atoms with Crippen LogP contribution in [-0.2, 0) is 0 Å². The van der Waals surface area contributed by atoms with Gasteiger partial charge in [0.25, 0.3) is 22.6 Å². The Hall–Kier alpha value is -5.22. The third-order valence-corrected chi connectivity index (χ3v) is 9.09. The van der Waals surface area contributed by atoms with Crippen molar-refractivity contribution in [2.75, 3.05) is 0 Å². The third kappa shape index (κ3) is 14.9. The quantitative estimate of drug-likeness (QED) is 0.0506. The molecule has 0 atom stereocenters. The summed E-state index contributed by atoms with van der Waals surface area (Å²) in [4.78, 5) is 0. The lowest BCUT2D eigenvalue weighted by molar-refractivity contribution is -0.328. The van der Waals surface area contributed by atoms with Gasteiger partial charge in [-0.05, 0) is 73.0 Å². The molecular formula is C45H37BF19I. The minimum atomic E-state index is -2.13. The molecule has 0 saturated heterocycles.